The lowest BCUT2D eigenvalue weighted by molar-refractivity contribution is 0.637. The summed E-state index contributed by atoms with van der Waals surface area (Å²) < 4.78 is 7.44. The standard InChI is InChI=1S/C10H10N4O/c1-13(2)9-11-12-10-14(9)7-5-3-4-6-8(7)15-10/h3-6H,1-2H3. The second kappa shape index (κ2) is 2.73. The molecule has 2 aromatic heterocycles. The number of nitrogens with zero attached hydrogens (tertiary/aromatic N) is 4. The van der Waals surface area contributed by atoms with Crippen molar-refractivity contribution in [1.82, 2.24) is 14.6 Å². The minimum absolute atomic E-state index is 0.528. The summed E-state index contributed by atoms with van der Waals surface area (Å²) in [5, 5.41) is 8.03. The molecule has 0 atom stereocenters. The second-order valence-corrected chi connectivity index (χ2v) is 3.58. The third kappa shape index (κ3) is 1.03. The Morgan fingerprint density at radius 1 is 1.20 bits per heavy atom. The summed E-state index contributed by atoms with van der Waals surface area (Å²) in [4.78, 5) is 1.90. The minimum atomic E-state index is 0.528. The van der Waals surface area contributed by atoms with E-state index in [2.05, 4.69) is 10.2 Å². The Bertz CT molecular complexity index is 622. The number of para-hydroxylation sites is 2. The Morgan fingerprint density at radius 2 is 2.00 bits per heavy atom. The van der Waals surface area contributed by atoms with E-state index in [4.69, 9.17) is 4.42 Å². The smallest absolute Gasteiger partial charge is 0.329 e. The van der Waals surface area contributed by atoms with E-state index in [0.717, 1.165) is 17.0 Å². The van der Waals surface area contributed by atoms with Crippen LogP contribution in [-0.4, -0.2) is 28.7 Å². The van der Waals surface area contributed by atoms with Crippen LogP contribution in [0.25, 0.3) is 16.9 Å². The molecule has 3 aromatic rings. The molecule has 1 aromatic carbocycles. The molecule has 0 aliphatic heterocycles. The van der Waals surface area contributed by atoms with Gasteiger partial charge in [-0.2, -0.15) is 0 Å². The van der Waals surface area contributed by atoms with E-state index >= 15 is 0 Å². The molecular formula is C10H10N4O. The quantitative estimate of drug-likeness (QED) is 0.600. The molecule has 0 amide bonds. The van der Waals surface area contributed by atoms with Crippen LogP contribution >= 0.6 is 0 Å². The van der Waals surface area contributed by atoms with Gasteiger partial charge in [0.25, 0.3) is 0 Å². The molecule has 5 nitrogen and oxygen atoms in total. The zero-order valence-electron chi connectivity index (χ0n) is 8.51. The monoisotopic (exact) mass is 202 g/mol. The maximum Gasteiger partial charge on any atom is 0.329 e. The van der Waals surface area contributed by atoms with Crippen molar-refractivity contribution < 1.29 is 4.42 Å². The van der Waals surface area contributed by atoms with Crippen molar-refractivity contribution in [2.75, 3.05) is 19.0 Å². The molecule has 5 heteroatoms. The normalized spacial score (nSPS) is 11.3. The Hall–Kier alpha value is -2.04. The summed E-state index contributed by atoms with van der Waals surface area (Å²) in [6, 6.07) is 7.82. The first-order chi connectivity index (χ1) is 7.27. The Morgan fingerprint density at radius 3 is 2.80 bits per heavy atom. The lowest BCUT2D eigenvalue weighted by Gasteiger charge is -2.07. The van der Waals surface area contributed by atoms with Crippen LogP contribution in [0.3, 0.4) is 0 Å². The van der Waals surface area contributed by atoms with E-state index in [-0.39, 0.29) is 0 Å². The van der Waals surface area contributed by atoms with Gasteiger partial charge in [-0.05, 0) is 12.1 Å². The van der Waals surface area contributed by atoms with Crippen molar-refractivity contribution in [3.8, 4) is 0 Å². The molecule has 0 aliphatic rings. The number of anilines is 1. The van der Waals surface area contributed by atoms with E-state index in [0.29, 0.717) is 5.84 Å². The topological polar surface area (TPSA) is 46.6 Å². The average molecular weight is 202 g/mol. The van der Waals surface area contributed by atoms with Crippen LogP contribution in [0.15, 0.2) is 28.7 Å². The molecule has 0 fully saturated rings. The lowest BCUT2D eigenvalue weighted by Crippen LogP contribution is -2.12. The number of oxazole rings is 1. The fourth-order valence-electron chi connectivity index (χ4n) is 1.66. The molecule has 0 bridgehead atoms. The number of aromatic nitrogens is 3. The molecule has 0 saturated carbocycles. The first-order valence-corrected chi connectivity index (χ1v) is 4.67. The maximum atomic E-state index is 5.55. The summed E-state index contributed by atoms with van der Waals surface area (Å²) in [5.41, 5.74) is 1.81. The van der Waals surface area contributed by atoms with Crippen molar-refractivity contribution in [3.63, 3.8) is 0 Å². The highest BCUT2D eigenvalue weighted by atomic mass is 16.4. The van der Waals surface area contributed by atoms with E-state index in [1.807, 2.05) is 47.7 Å². The molecule has 3 rings (SSSR count). The van der Waals surface area contributed by atoms with Crippen LogP contribution in [0.5, 0.6) is 0 Å². The molecule has 15 heavy (non-hydrogen) atoms. The van der Waals surface area contributed by atoms with Gasteiger partial charge in [0.1, 0.15) is 0 Å². The largest absolute Gasteiger partial charge is 0.422 e. The highest BCUT2D eigenvalue weighted by molar-refractivity contribution is 5.77. The number of hydrogen-bond acceptors (Lipinski definition) is 4. The fraction of sp³-hybridized carbons (Fsp3) is 0.200. The Labute approximate surface area is 85.9 Å². The van der Waals surface area contributed by atoms with Gasteiger partial charge >= 0.3 is 5.84 Å². The van der Waals surface area contributed by atoms with Gasteiger partial charge in [-0.3, -0.25) is 0 Å². The van der Waals surface area contributed by atoms with Gasteiger partial charge in [0.05, 0.1) is 5.52 Å². The molecule has 0 saturated heterocycles. The van der Waals surface area contributed by atoms with Crippen LogP contribution in [-0.2, 0) is 0 Å². The van der Waals surface area contributed by atoms with Gasteiger partial charge in [0, 0.05) is 14.1 Å². The summed E-state index contributed by atoms with van der Waals surface area (Å²) in [5.74, 6) is 1.30. The number of rotatable bonds is 1. The van der Waals surface area contributed by atoms with Crippen LogP contribution in [0.2, 0.25) is 0 Å². The third-order valence-electron chi connectivity index (χ3n) is 2.32. The molecular weight excluding hydrogens is 192 g/mol. The van der Waals surface area contributed by atoms with E-state index in [9.17, 15) is 0 Å². The summed E-state index contributed by atoms with van der Waals surface area (Å²) in [7, 11) is 3.86. The predicted molar refractivity (Wildman–Crippen MR) is 57.1 cm³/mol. The third-order valence-corrected chi connectivity index (χ3v) is 2.32. The van der Waals surface area contributed by atoms with Gasteiger partial charge < -0.3 is 9.32 Å². The fourth-order valence-corrected chi connectivity index (χ4v) is 1.66. The first kappa shape index (κ1) is 8.28. The van der Waals surface area contributed by atoms with Crippen LogP contribution < -0.4 is 4.90 Å². The SMILES string of the molecule is CN(C)c1nnc2oc3ccccc3n12. The van der Waals surface area contributed by atoms with Gasteiger partial charge in [-0.1, -0.05) is 17.2 Å². The molecule has 0 spiro atoms. The van der Waals surface area contributed by atoms with Crippen molar-refractivity contribution in [3.05, 3.63) is 24.3 Å². The number of fused-ring (bicyclic) bond motifs is 3. The van der Waals surface area contributed by atoms with Crippen molar-refractivity contribution in [2.45, 2.75) is 0 Å². The van der Waals surface area contributed by atoms with E-state index in [1.165, 1.54) is 0 Å². The molecule has 0 aliphatic carbocycles. The summed E-state index contributed by atoms with van der Waals surface area (Å²) >= 11 is 0. The Kier molecular flexibility index (Phi) is 1.50. The minimum Gasteiger partial charge on any atom is -0.422 e. The highest BCUT2D eigenvalue weighted by Gasteiger charge is 2.13. The summed E-state index contributed by atoms with van der Waals surface area (Å²) in [6.07, 6.45) is 0. The first-order valence-electron chi connectivity index (χ1n) is 4.67. The van der Waals surface area contributed by atoms with Crippen molar-refractivity contribution in [1.29, 1.82) is 0 Å². The van der Waals surface area contributed by atoms with Crippen molar-refractivity contribution in [2.24, 2.45) is 0 Å². The van der Waals surface area contributed by atoms with E-state index in [1.54, 1.807) is 0 Å². The predicted octanol–water partition coefficient (Wildman–Crippen LogP) is 1.54. The highest BCUT2D eigenvalue weighted by Crippen LogP contribution is 2.22. The van der Waals surface area contributed by atoms with Crippen molar-refractivity contribution >= 4 is 22.9 Å². The lowest BCUT2D eigenvalue weighted by atomic mass is 10.3. The van der Waals surface area contributed by atoms with Crippen LogP contribution in [0.1, 0.15) is 0 Å². The second-order valence-electron chi connectivity index (χ2n) is 3.58. The Balaban J connectivity index is 2.49. The van der Waals surface area contributed by atoms with E-state index < -0.39 is 0 Å². The zero-order valence-corrected chi connectivity index (χ0v) is 8.51. The molecule has 0 N–H and O–H groups in total. The van der Waals surface area contributed by atoms with Crippen LogP contribution in [0.4, 0.5) is 5.95 Å². The van der Waals surface area contributed by atoms with Gasteiger partial charge in [0.2, 0.25) is 5.95 Å². The molecule has 0 unspecified atom stereocenters. The van der Waals surface area contributed by atoms with Gasteiger partial charge in [-0.15, -0.1) is 5.10 Å². The molecule has 2 heterocycles. The number of hydrogen-bond donors (Lipinski definition) is 0. The molecule has 0 radical (unpaired) electrons. The summed E-state index contributed by atoms with van der Waals surface area (Å²) in [6.45, 7) is 0. The average Bonchev–Trinajstić information content (AvgIpc) is 2.74. The maximum absolute atomic E-state index is 5.55. The van der Waals surface area contributed by atoms with Gasteiger partial charge in [0.15, 0.2) is 5.58 Å². The molecule has 76 valence electrons. The zero-order chi connectivity index (χ0) is 10.4. The van der Waals surface area contributed by atoms with Crippen LogP contribution in [0, 0.1) is 0 Å². The number of benzene rings is 1. The van der Waals surface area contributed by atoms with Gasteiger partial charge in [-0.25, -0.2) is 4.40 Å².